The van der Waals surface area contributed by atoms with Crippen LogP contribution in [0.5, 0.6) is 0 Å². The molecule has 5 nitrogen and oxygen atoms in total. The fourth-order valence-electron chi connectivity index (χ4n) is 1.03. The number of nitro groups is 1. The summed E-state index contributed by atoms with van der Waals surface area (Å²) in [5.74, 6) is -0.0852. The minimum atomic E-state index is -0.459. The van der Waals surface area contributed by atoms with Gasteiger partial charge in [0.1, 0.15) is 5.84 Å². The number of rotatable bonds is 2. The molecule has 0 saturated heterocycles. The Bertz CT molecular complexity index is 374. The van der Waals surface area contributed by atoms with Crippen LogP contribution in [-0.2, 0) is 0 Å². The maximum Gasteiger partial charge on any atom is 0.272 e. The SMILES string of the molecule is Cc1cc(C(=N)N)ccc1[N+](=O)[O-]. The normalized spacial score (nSPS) is 9.62. The zero-order valence-electron chi connectivity index (χ0n) is 7.07. The number of hydrogen-bond acceptors (Lipinski definition) is 3. The third kappa shape index (κ3) is 1.81. The van der Waals surface area contributed by atoms with Gasteiger partial charge in [-0.05, 0) is 19.1 Å². The van der Waals surface area contributed by atoms with Crippen LogP contribution in [0.15, 0.2) is 18.2 Å². The van der Waals surface area contributed by atoms with Crippen molar-refractivity contribution in [3.8, 4) is 0 Å². The molecule has 0 aliphatic carbocycles. The largest absolute Gasteiger partial charge is 0.384 e. The fourth-order valence-corrected chi connectivity index (χ4v) is 1.03. The molecule has 0 spiro atoms. The van der Waals surface area contributed by atoms with Gasteiger partial charge in [0.15, 0.2) is 0 Å². The minimum absolute atomic E-state index is 0.0463. The summed E-state index contributed by atoms with van der Waals surface area (Å²) in [4.78, 5) is 9.96. The van der Waals surface area contributed by atoms with Crippen LogP contribution in [0, 0.1) is 22.4 Å². The molecule has 0 atom stereocenters. The summed E-state index contributed by atoms with van der Waals surface area (Å²) in [7, 11) is 0. The maximum absolute atomic E-state index is 10.4. The average molecular weight is 179 g/mol. The highest BCUT2D eigenvalue weighted by molar-refractivity contribution is 5.95. The highest BCUT2D eigenvalue weighted by atomic mass is 16.6. The van der Waals surface area contributed by atoms with Crippen molar-refractivity contribution in [3.05, 3.63) is 39.4 Å². The highest BCUT2D eigenvalue weighted by Gasteiger charge is 2.10. The number of nitrogens with one attached hydrogen (secondary N) is 1. The molecule has 0 aliphatic heterocycles. The molecule has 13 heavy (non-hydrogen) atoms. The molecule has 0 fully saturated rings. The molecule has 0 amide bonds. The van der Waals surface area contributed by atoms with Crippen LogP contribution in [0.4, 0.5) is 5.69 Å². The summed E-state index contributed by atoms with van der Waals surface area (Å²) in [6.07, 6.45) is 0. The Morgan fingerprint density at radius 3 is 2.62 bits per heavy atom. The summed E-state index contributed by atoms with van der Waals surface area (Å²) in [6.45, 7) is 1.62. The number of nitrogens with two attached hydrogens (primary N) is 1. The van der Waals surface area contributed by atoms with Crippen molar-refractivity contribution in [1.29, 1.82) is 5.41 Å². The number of aryl methyl sites for hydroxylation is 1. The Balaban J connectivity index is 3.20. The van der Waals surface area contributed by atoms with E-state index in [1.165, 1.54) is 18.2 Å². The summed E-state index contributed by atoms with van der Waals surface area (Å²) >= 11 is 0. The lowest BCUT2D eigenvalue weighted by Gasteiger charge is -2.00. The highest BCUT2D eigenvalue weighted by Crippen LogP contribution is 2.18. The second kappa shape index (κ2) is 3.22. The van der Waals surface area contributed by atoms with E-state index < -0.39 is 4.92 Å². The Labute approximate surface area is 74.8 Å². The van der Waals surface area contributed by atoms with Crippen molar-refractivity contribution in [2.45, 2.75) is 6.92 Å². The van der Waals surface area contributed by atoms with E-state index in [9.17, 15) is 10.1 Å². The third-order valence-corrected chi connectivity index (χ3v) is 1.70. The van der Waals surface area contributed by atoms with Gasteiger partial charge in [-0.15, -0.1) is 0 Å². The van der Waals surface area contributed by atoms with Crippen LogP contribution in [0.2, 0.25) is 0 Å². The molecule has 5 heteroatoms. The number of amidine groups is 1. The second-order valence-corrected chi connectivity index (χ2v) is 2.67. The first-order chi connectivity index (χ1) is 6.02. The topological polar surface area (TPSA) is 93.0 Å². The van der Waals surface area contributed by atoms with E-state index in [1.807, 2.05) is 0 Å². The lowest BCUT2D eigenvalue weighted by atomic mass is 10.1. The van der Waals surface area contributed by atoms with Gasteiger partial charge in [-0.1, -0.05) is 0 Å². The minimum Gasteiger partial charge on any atom is -0.384 e. The number of nitrogen functional groups attached to an aromatic ring is 1. The standard InChI is InChI=1S/C8H9N3O2/c1-5-4-6(8(9)10)2-3-7(5)11(12)13/h2-4H,1H3,(H3,9,10). The molecular formula is C8H9N3O2. The van der Waals surface area contributed by atoms with Gasteiger partial charge in [-0.3, -0.25) is 15.5 Å². The van der Waals surface area contributed by atoms with E-state index in [0.717, 1.165) is 0 Å². The van der Waals surface area contributed by atoms with Gasteiger partial charge >= 0.3 is 0 Å². The lowest BCUT2D eigenvalue weighted by Crippen LogP contribution is -2.11. The van der Waals surface area contributed by atoms with E-state index in [0.29, 0.717) is 11.1 Å². The van der Waals surface area contributed by atoms with E-state index in [-0.39, 0.29) is 11.5 Å². The van der Waals surface area contributed by atoms with E-state index in [1.54, 1.807) is 6.92 Å². The van der Waals surface area contributed by atoms with Crippen LogP contribution in [0.1, 0.15) is 11.1 Å². The van der Waals surface area contributed by atoms with Crippen molar-refractivity contribution in [3.63, 3.8) is 0 Å². The molecule has 0 heterocycles. The molecule has 3 N–H and O–H groups in total. The Hall–Kier alpha value is -1.91. The summed E-state index contributed by atoms with van der Waals surface area (Å²) in [5.41, 5.74) is 6.28. The van der Waals surface area contributed by atoms with E-state index in [4.69, 9.17) is 11.1 Å². The Morgan fingerprint density at radius 2 is 2.23 bits per heavy atom. The molecule has 1 rings (SSSR count). The number of hydrogen-bond donors (Lipinski definition) is 2. The molecular weight excluding hydrogens is 170 g/mol. The number of nitro benzene ring substituents is 1. The van der Waals surface area contributed by atoms with E-state index in [2.05, 4.69) is 0 Å². The van der Waals surface area contributed by atoms with Crippen molar-refractivity contribution in [1.82, 2.24) is 0 Å². The molecule has 0 aliphatic rings. The van der Waals surface area contributed by atoms with Gasteiger partial charge in [0, 0.05) is 17.2 Å². The van der Waals surface area contributed by atoms with Gasteiger partial charge in [0.25, 0.3) is 5.69 Å². The lowest BCUT2D eigenvalue weighted by molar-refractivity contribution is -0.385. The van der Waals surface area contributed by atoms with Gasteiger partial charge in [-0.25, -0.2) is 0 Å². The van der Waals surface area contributed by atoms with Gasteiger partial charge in [0.05, 0.1) is 4.92 Å². The Morgan fingerprint density at radius 1 is 1.62 bits per heavy atom. The molecule has 68 valence electrons. The van der Waals surface area contributed by atoms with Crippen molar-refractivity contribution < 1.29 is 4.92 Å². The zero-order valence-corrected chi connectivity index (χ0v) is 7.07. The molecule has 0 unspecified atom stereocenters. The van der Waals surface area contributed by atoms with E-state index >= 15 is 0 Å². The number of nitrogens with zero attached hydrogens (tertiary/aromatic N) is 1. The average Bonchev–Trinajstić information content (AvgIpc) is 2.03. The Kier molecular flexibility index (Phi) is 2.27. The van der Waals surface area contributed by atoms with Crippen LogP contribution >= 0.6 is 0 Å². The van der Waals surface area contributed by atoms with Gasteiger partial charge in [-0.2, -0.15) is 0 Å². The monoisotopic (exact) mass is 179 g/mol. The summed E-state index contributed by atoms with van der Waals surface area (Å²) in [5, 5.41) is 17.5. The first-order valence-corrected chi connectivity index (χ1v) is 3.62. The van der Waals surface area contributed by atoms with Crippen molar-refractivity contribution >= 4 is 11.5 Å². The maximum atomic E-state index is 10.4. The van der Waals surface area contributed by atoms with Crippen molar-refractivity contribution in [2.75, 3.05) is 0 Å². The molecule has 1 aromatic rings. The second-order valence-electron chi connectivity index (χ2n) is 2.67. The summed E-state index contributed by atoms with van der Waals surface area (Å²) in [6, 6.07) is 4.35. The first kappa shape index (κ1) is 9.18. The predicted molar refractivity (Wildman–Crippen MR) is 48.8 cm³/mol. The molecule has 0 aromatic heterocycles. The smallest absolute Gasteiger partial charge is 0.272 e. The zero-order chi connectivity index (χ0) is 10.0. The molecule has 1 aromatic carbocycles. The molecule has 0 bridgehead atoms. The van der Waals surface area contributed by atoms with Crippen LogP contribution < -0.4 is 5.73 Å². The van der Waals surface area contributed by atoms with Gasteiger partial charge < -0.3 is 5.73 Å². The van der Waals surface area contributed by atoms with Crippen LogP contribution in [-0.4, -0.2) is 10.8 Å². The molecule has 0 radical (unpaired) electrons. The van der Waals surface area contributed by atoms with Crippen molar-refractivity contribution in [2.24, 2.45) is 5.73 Å². The first-order valence-electron chi connectivity index (χ1n) is 3.62. The molecule has 0 saturated carbocycles. The van der Waals surface area contributed by atoms with Gasteiger partial charge in [0.2, 0.25) is 0 Å². The fraction of sp³-hybridized carbons (Fsp3) is 0.125. The quantitative estimate of drug-likeness (QED) is 0.309. The predicted octanol–water partition coefficient (Wildman–Crippen LogP) is 1.19. The third-order valence-electron chi connectivity index (χ3n) is 1.70. The van der Waals surface area contributed by atoms with Crippen LogP contribution in [0.3, 0.4) is 0 Å². The summed E-state index contributed by atoms with van der Waals surface area (Å²) < 4.78 is 0. The number of benzene rings is 1. The van der Waals surface area contributed by atoms with Crippen LogP contribution in [0.25, 0.3) is 0 Å².